The lowest BCUT2D eigenvalue weighted by Crippen LogP contribution is -2.52. The molecule has 2 heterocycles. The van der Waals surface area contributed by atoms with Crippen molar-refractivity contribution in [3.63, 3.8) is 0 Å². The van der Waals surface area contributed by atoms with Crippen LogP contribution >= 0.6 is 0 Å². The van der Waals surface area contributed by atoms with E-state index in [0.29, 0.717) is 18.1 Å². The van der Waals surface area contributed by atoms with E-state index in [-0.39, 0.29) is 11.9 Å². The summed E-state index contributed by atoms with van der Waals surface area (Å²) < 4.78 is 5.66. The number of nitrogens with zero attached hydrogens (tertiary/aromatic N) is 3. The van der Waals surface area contributed by atoms with Crippen molar-refractivity contribution in [3.8, 4) is 5.88 Å². The summed E-state index contributed by atoms with van der Waals surface area (Å²) in [6.07, 6.45) is 1.60. The molecule has 0 bridgehead atoms. The molecule has 1 atom stereocenters. The van der Waals surface area contributed by atoms with Crippen molar-refractivity contribution >= 4 is 5.91 Å². The average Bonchev–Trinajstić information content (AvgIpc) is 2.61. The molecule has 3 rings (SSSR count). The highest BCUT2D eigenvalue weighted by atomic mass is 16.5. The summed E-state index contributed by atoms with van der Waals surface area (Å²) in [7, 11) is 2.08. The normalized spacial score (nSPS) is 18.4. The Bertz CT molecular complexity index is 673. The molecule has 0 unspecified atom stereocenters. The molecule has 24 heavy (non-hydrogen) atoms. The van der Waals surface area contributed by atoms with Gasteiger partial charge in [0.25, 0.3) is 5.91 Å². The number of ether oxygens (including phenoxy) is 1. The number of hydrogen-bond acceptors (Lipinski definition) is 4. The molecule has 1 amide bonds. The third-order valence-electron chi connectivity index (χ3n) is 4.30. The Morgan fingerprint density at radius 1 is 1.21 bits per heavy atom. The zero-order valence-corrected chi connectivity index (χ0v) is 14.2. The number of carbonyl (C=O) groups excluding carboxylic acids is 1. The van der Waals surface area contributed by atoms with Crippen molar-refractivity contribution < 1.29 is 9.53 Å². The maximum atomic E-state index is 12.6. The zero-order valence-electron chi connectivity index (χ0n) is 14.2. The minimum atomic E-state index is 0.0395. The van der Waals surface area contributed by atoms with Gasteiger partial charge in [-0.05, 0) is 25.6 Å². The lowest BCUT2D eigenvalue weighted by atomic mass is 10.1. The van der Waals surface area contributed by atoms with Crippen LogP contribution in [0.15, 0.2) is 48.7 Å². The second-order valence-corrected chi connectivity index (χ2v) is 6.27. The Balaban J connectivity index is 1.60. The first-order chi connectivity index (χ1) is 11.6. The summed E-state index contributed by atoms with van der Waals surface area (Å²) in [4.78, 5) is 21.1. The molecule has 0 saturated carbocycles. The van der Waals surface area contributed by atoms with Crippen molar-refractivity contribution in [2.24, 2.45) is 0 Å². The first kappa shape index (κ1) is 16.5. The van der Waals surface area contributed by atoms with Crippen molar-refractivity contribution in [2.75, 3.05) is 26.7 Å². The van der Waals surface area contributed by atoms with Crippen LogP contribution < -0.4 is 4.74 Å². The van der Waals surface area contributed by atoms with Gasteiger partial charge < -0.3 is 14.5 Å². The number of pyridine rings is 1. The van der Waals surface area contributed by atoms with Crippen LogP contribution in [0.2, 0.25) is 0 Å². The fraction of sp³-hybridized carbons (Fsp3) is 0.368. The van der Waals surface area contributed by atoms with E-state index in [1.807, 2.05) is 35.2 Å². The van der Waals surface area contributed by atoms with Crippen molar-refractivity contribution in [3.05, 3.63) is 59.8 Å². The topological polar surface area (TPSA) is 45.7 Å². The van der Waals surface area contributed by atoms with Gasteiger partial charge in [-0.15, -0.1) is 0 Å². The van der Waals surface area contributed by atoms with E-state index < -0.39 is 0 Å². The van der Waals surface area contributed by atoms with Gasteiger partial charge in [-0.3, -0.25) is 4.79 Å². The summed E-state index contributed by atoms with van der Waals surface area (Å²) in [5.41, 5.74) is 1.70. The summed E-state index contributed by atoms with van der Waals surface area (Å²) in [6.45, 7) is 5.11. The van der Waals surface area contributed by atoms with Gasteiger partial charge >= 0.3 is 0 Å². The SMILES string of the molecule is C[C@@H]1CN(C)CCN1C(=O)c1ccc(OCc2ccccc2)nc1. The number of likely N-dealkylation sites (N-methyl/N-ethyl adjacent to an activating group) is 1. The molecule has 126 valence electrons. The highest BCUT2D eigenvalue weighted by Gasteiger charge is 2.26. The molecule has 0 aliphatic carbocycles. The van der Waals surface area contributed by atoms with Gasteiger partial charge in [0.15, 0.2) is 0 Å². The summed E-state index contributed by atoms with van der Waals surface area (Å²) in [5, 5.41) is 0. The lowest BCUT2D eigenvalue weighted by molar-refractivity contribution is 0.0533. The van der Waals surface area contributed by atoms with E-state index in [1.54, 1.807) is 18.3 Å². The molecular weight excluding hydrogens is 302 g/mol. The molecule has 1 saturated heterocycles. The van der Waals surface area contributed by atoms with Gasteiger partial charge in [0, 0.05) is 37.9 Å². The van der Waals surface area contributed by atoms with Crippen LogP contribution in [-0.2, 0) is 6.61 Å². The van der Waals surface area contributed by atoms with Crippen LogP contribution in [0.5, 0.6) is 5.88 Å². The van der Waals surface area contributed by atoms with Crippen molar-refractivity contribution in [1.29, 1.82) is 0 Å². The summed E-state index contributed by atoms with van der Waals surface area (Å²) in [6, 6.07) is 13.7. The second kappa shape index (κ2) is 7.45. The number of hydrogen-bond donors (Lipinski definition) is 0. The third-order valence-corrected chi connectivity index (χ3v) is 4.30. The Kier molecular flexibility index (Phi) is 5.11. The fourth-order valence-corrected chi connectivity index (χ4v) is 2.93. The predicted octanol–water partition coefficient (Wildman–Crippen LogP) is 2.44. The molecule has 0 radical (unpaired) electrons. The average molecular weight is 325 g/mol. The van der Waals surface area contributed by atoms with Crippen molar-refractivity contribution in [1.82, 2.24) is 14.8 Å². The van der Waals surface area contributed by atoms with E-state index >= 15 is 0 Å². The van der Waals surface area contributed by atoms with E-state index in [2.05, 4.69) is 23.9 Å². The van der Waals surface area contributed by atoms with Crippen LogP contribution in [0.1, 0.15) is 22.8 Å². The van der Waals surface area contributed by atoms with E-state index in [4.69, 9.17) is 4.74 Å². The minimum Gasteiger partial charge on any atom is -0.473 e. The van der Waals surface area contributed by atoms with Crippen LogP contribution in [0.4, 0.5) is 0 Å². The Labute approximate surface area is 142 Å². The molecule has 0 N–H and O–H groups in total. The fourth-order valence-electron chi connectivity index (χ4n) is 2.93. The van der Waals surface area contributed by atoms with Gasteiger partial charge in [0.2, 0.25) is 5.88 Å². The molecule has 5 nitrogen and oxygen atoms in total. The summed E-state index contributed by atoms with van der Waals surface area (Å²) in [5.74, 6) is 0.569. The number of aromatic nitrogens is 1. The number of benzene rings is 1. The first-order valence-corrected chi connectivity index (χ1v) is 8.26. The van der Waals surface area contributed by atoms with Crippen molar-refractivity contribution in [2.45, 2.75) is 19.6 Å². The third kappa shape index (κ3) is 3.92. The smallest absolute Gasteiger partial charge is 0.255 e. The Morgan fingerprint density at radius 2 is 2.00 bits per heavy atom. The van der Waals surface area contributed by atoms with Crippen LogP contribution in [0.3, 0.4) is 0 Å². The zero-order chi connectivity index (χ0) is 16.9. The molecule has 1 aliphatic rings. The molecule has 1 aromatic carbocycles. The number of rotatable bonds is 4. The van der Waals surface area contributed by atoms with Gasteiger partial charge in [0.05, 0.1) is 5.56 Å². The highest BCUT2D eigenvalue weighted by molar-refractivity contribution is 5.94. The van der Waals surface area contributed by atoms with E-state index in [0.717, 1.165) is 25.2 Å². The van der Waals surface area contributed by atoms with Gasteiger partial charge in [-0.25, -0.2) is 4.98 Å². The Morgan fingerprint density at radius 3 is 2.67 bits per heavy atom. The number of carbonyl (C=O) groups is 1. The first-order valence-electron chi connectivity index (χ1n) is 8.26. The van der Waals surface area contributed by atoms with Crippen LogP contribution in [-0.4, -0.2) is 53.4 Å². The largest absolute Gasteiger partial charge is 0.473 e. The van der Waals surface area contributed by atoms with E-state index in [1.165, 1.54) is 0 Å². The molecule has 5 heteroatoms. The maximum absolute atomic E-state index is 12.6. The molecule has 1 aliphatic heterocycles. The highest BCUT2D eigenvalue weighted by Crippen LogP contribution is 2.15. The summed E-state index contributed by atoms with van der Waals surface area (Å²) >= 11 is 0. The van der Waals surface area contributed by atoms with E-state index in [9.17, 15) is 4.79 Å². The molecule has 2 aromatic rings. The number of piperazine rings is 1. The minimum absolute atomic E-state index is 0.0395. The van der Waals surface area contributed by atoms with Gasteiger partial charge in [-0.1, -0.05) is 30.3 Å². The second-order valence-electron chi connectivity index (χ2n) is 6.27. The molecule has 1 fully saturated rings. The predicted molar refractivity (Wildman–Crippen MR) is 93.0 cm³/mol. The van der Waals surface area contributed by atoms with Gasteiger partial charge in [-0.2, -0.15) is 0 Å². The van der Waals surface area contributed by atoms with Gasteiger partial charge in [0.1, 0.15) is 6.61 Å². The quantitative estimate of drug-likeness (QED) is 0.866. The molecule has 0 spiro atoms. The standard InChI is InChI=1S/C19H23N3O2/c1-15-13-21(2)10-11-22(15)19(23)17-8-9-18(20-12-17)24-14-16-6-4-3-5-7-16/h3-9,12,15H,10-11,13-14H2,1-2H3/t15-/m1/s1. The molecule has 1 aromatic heterocycles. The Hall–Kier alpha value is -2.40. The van der Waals surface area contributed by atoms with Crippen LogP contribution in [0, 0.1) is 0 Å². The van der Waals surface area contributed by atoms with Crippen LogP contribution in [0.25, 0.3) is 0 Å². The number of amides is 1. The maximum Gasteiger partial charge on any atom is 0.255 e. The molecular formula is C19H23N3O2. The monoisotopic (exact) mass is 325 g/mol. The lowest BCUT2D eigenvalue weighted by Gasteiger charge is -2.38.